The first-order valence-electron chi connectivity index (χ1n) is 7.30. The van der Waals surface area contributed by atoms with Crippen molar-refractivity contribution in [2.75, 3.05) is 11.1 Å². The van der Waals surface area contributed by atoms with Crippen molar-refractivity contribution in [3.8, 4) is 0 Å². The molecule has 6 nitrogen and oxygen atoms in total. The molecule has 0 bridgehead atoms. The molecule has 0 fully saturated rings. The van der Waals surface area contributed by atoms with Crippen LogP contribution in [0, 0.1) is 13.8 Å². The zero-order chi connectivity index (χ0) is 17.3. The van der Waals surface area contributed by atoms with Crippen LogP contribution < -0.4 is 10.7 Å². The number of hydrogen-bond acceptors (Lipinski definition) is 7. The second kappa shape index (κ2) is 6.74. The summed E-state index contributed by atoms with van der Waals surface area (Å²) in [6.07, 6.45) is 0. The second-order valence-electron chi connectivity index (χ2n) is 5.19. The van der Waals surface area contributed by atoms with Crippen LogP contribution in [0.5, 0.6) is 0 Å². The first kappa shape index (κ1) is 16.7. The summed E-state index contributed by atoms with van der Waals surface area (Å²) in [5, 5.41) is 11.3. The predicted octanol–water partition coefficient (Wildman–Crippen LogP) is 3.63. The Labute approximate surface area is 146 Å². The fourth-order valence-electron chi connectivity index (χ4n) is 2.32. The molecule has 1 aromatic carbocycles. The lowest BCUT2D eigenvalue weighted by Gasteiger charge is -2.05. The van der Waals surface area contributed by atoms with Gasteiger partial charge in [-0.1, -0.05) is 36.1 Å². The minimum atomic E-state index is -0.516. The number of hydrogen-bond donors (Lipinski definition) is 1. The van der Waals surface area contributed by atoms with E-state index in [1.165, 1.54) is 17.4 Å². The van der Waals surface area contributed by atoms with E-state index in [0.717, 1.165) is 21.2 Å². The molecule has 0 unspecified atom stereocenters. The van der Waals surface area contributed by atoms with E-state index in [1.807, 2.05) is 26.8 Å². The summed E-state index contributed by atoms with van der Waals surface area (Å²) in [6.45, 7) is 5.77. The molecule has 0 spiro atoms. The number of anilines is 1. The molecule has 0 saturated heterocycles. The molecule has 3 rings (SSSR count). The van der Waals surface area contributed by atoms with Gasteiger partial charge in [-0.25, -0.2) is 0 Å². The molecular formula is C16H15N3O3S2. The minimum absolute atomic E-state index is 0.0423. The Morgan fingerprint density at radius 1 is 1.29 bits per heavy atom. The van der Waals surface area contributed by atoms with E-state index in [1.54, 1.807) is 17.8 Å². The Morgan fingerprint density at radius 2 is 2.08 bits per heavy atom. The standard InChI is InChI=1S/C16H15N3O3S2/c1-4-23-16-19-18-15(24-16)17-14(21)12-7-11(20)10-6-8(2)5-9(3)13(10)22-12/h5-7H,4H2,1-3H3,(H,17,18,21). The van der Waals surface area contributed by atoms with Crippen molar-refractivity contribution < 1.29 is 9.21 Å². The van der Waals surface area contributed by atoms with E-state index in [4.69, 9.17) is 4.42 Å². The van der Waals surface area contributed by atoms with Gasteiger partial charge in [-0.05, 0) is 36.8 Å². The zero-order valence-electron chi connectivity index (χ0n) is 13.4. The van der Waals surface area contributed by atoms with Crippen molar-refractivity contribution in [1.29, 1.82) is 0 Å². The minimum Gasteiger partial charge on any atom is -0.450 e. The highest BCUT2D eigenvalue weighted by molar-refractivity contribution is 8.01. The molecule has 0 atom stereocenters. The van der Waals surface area contributed by atoms with Crippen molar-refractivity contribution in [2.24, 2.45) is 0 Å². The number of amides is 1. The van der Waals surface area contributed by atoms with Gasteiger partial charge in [0.05, 0.1) is 5.39 Å². The third kappa shape index (κ3) is 3.34. The molecule has 0 radical (unpaired) electrons. The summed E-state index contributed by atoms with van der Waals surface area (Å²) in [7, 11) is 0. The molecule has 2 aromatic heterocycles. The fourth-order valence-corrected chi connectivity index (χ4v) is 3.97. The molecule has 0 aliphatic carbocycles. The van der Waals surface area contributed by atoms with Crippen molar-refractivity contribution in [1.82, 2.24) is 10.2 Å². The van der Waals surface area contributed by atoms with Gasteiger partial charge in [0, 0.05) is 6.07 Å². The Balaban J connectivity index is 1.93. The summed E-state index contributed by atoms with van der Waals surface area (Å²) < 4.78 is 6.43. The van der Waals surface area contributed by atoms with Crippen molar-refractivity contribution in [2.45, 2.75) is 25.1 Å². The smallest absolute Gasteiger partial charge is 0.293 e. The quantitative estimate of drug-likeness (QED) is 0.564. The lowest BCUT2D eigenvalue weighted by atomic mass is 10.1. The van der Waals surface area contributed by atoms with E-state index >= 15 is 0 Å². The van der Waals surface area contributed by atoms with Gasteiger partial charge >= 0.3 is 0 Å². The largest absolute Gasteiger partial charge is 0.450 e. The number of aromatic nitrogens is 2. The number of carbonyl (C=O) groups is 1. The van der Waals surface area contributed by atoms with Crippen molar-refractivity contribution in [3.63, 3.8) is 0 Å². The highest BCUT2D eigenvalue weighted by Crippen LogP contribution is 2.25. The average molecular weight is 361 g/mol. The van der Waals surface area contributed by atoms with Crippen molar-refractivity contribution in [3.05, 3.63) is 45.3 Å². The van der Waals surface area contributed by atoms with Gasteiger partial charge in [-0.2, -0.15) is 0 Å². The fraction of sp³-hybridized carbons (Fsp3) is 0.250. The molecule has 8 heteroatoms. The van der Waals surface area contributed by atoms with Gasteiger partial charge in [0.2, 0.25) is 5.13 Å². The maximum Gasteiger partial charge on any atom is 0.293 e. The molecule has 0 saturated carbocycles. The highest BCUT2D eigenvalue weighted by Gasteiger charge is 2.16. The van der Waals surface area contributed by atoms with E-state index in [2.05, 4.69) is 15.5 Å². The van der Waals surface area contributed by atoms with Crippen LogP contribution in [0.2, 0.25) is 0 Å². The molecule has 24 heavy (non-hydrogen) atoms. The molecular weight excluding hydrogens is 346 g/mol. The summed E-state index contributed by atoms with van der Waals surface area (Å²) in [4.78, 5) is 24.6. The predicted molar refractivity (Wildman–Crippen MR) is 96.2 cm³/mol. The van der Waals surface area contributed by atoms with Crippen LogP contribution in [-0.4, -0.2) is 21.9 Å². The molecule has 1 N–H and O–H groups in total. The first-order valence-corrected chi connectivity index (χ1v) is 9.11. The van der Waals surface area contributed by atoms with Gasteiger partial charge in [-0.15, -0.1) is 10.2 Å². The lowest BCUT2D eigenvalue weighted by molar-refractivity contribution is 0.0997. The topological polar surface area (TPSA) is 85.1 Å². The van der Waals surface area contributed by atoms with Crippen LogP contribution in [0.25, 0.3) is 11.0 Å². The molecule has 2 heterocycles. The van der Waals surface area contributed by atoms with E-state index < -0.39 is 5.91 Å². The maximum absolute atomic E-state index is 12.3. The second-order valence-corrected chi connectivity index (χ2v) is 7.68. The van der Waals surface area contributed by atoms with Crippen LogP contribution in [-0.2, 0) is 0 Å². The van der Waals surface area contributed by atoms with E-state index in [9.17, 15) is 9.59 Å². The number of carbonyl (C=O) groups excluding carboxylic acids is 1. The third-order valence-corrected chi connectivity index (χ3v) is 5.13. The Bertz CT molecular complexity index is 978. The van der Waals surface area contributed by atoms with Gasteiger partial charge < -0.3 is 4.42 Å². The normalized spacial score (nSPS) is 11.0. The van der Waals surface area contributed by atoms with Gasteiger partial charge in [0.25, 0.3) is 5.91 Å². The Hall–Kier alpha value is -2.19. The van der Waals surface area contributed by atoms with Crippen LogP contribution in [0.15, 0.2) is 31.8 Å². The highest BCUT2D eigenvalue weighted by atomic mass is 32.2. The lowest BCUT2D eigenvalue weighted by Crippen LogP contribution is -2.15. The SMILES string of the molecule is CCSc1nnc(NC(=O)c2cc(=O)c3cc(C)cc(C)c3o2)s1. The molecule has 0 aliphatic rings. The molecule has 3 aromatic rings. The number of fused-ring (bicyclic) bond motifs is 1. The summed E-state index contributed by atoms with van der Waals surface area (Å²) in [5.41, 5.74) is 1.97. The van der Waals surface area contributed by atoms with Gasteiger partial charge in [-0.3, -0.25) is 14.9 Å². The van der Waals surface area contributed by atoms with E-state index in [-0.39, 0.29) is 11.2 Å². The average Bonchev–Trinajstić information content (AvgIpc) is 2.95. The number of benzene rings is 1. The number of aryl methyl sites for hydroxylation is 2. The number of nitrogens with one attached hydrogen (secondary N) is 1. The van der Waals surface area contributed by atoms with Crippen LogP contribution in [0.1, 0.15) is 28.6 Å². The summed E-state index contributed by atoms with van der Waals surface area (Å²) >= 11 is 2.83. The van der Waals surface area contributed by atoms with Crippen LogP contribution >= 0.6 is 23.1 Å². The monoisotopic (exact) mass is 361 g/mol. The third-order valence-electron chi connectivity index (χ3n) is 3.28. The Kier molecular flexibility index (Phi) is 4.68. The molecule has 124 valence electrons. The zero-order valence-corrected chi connectivity index (χ0v) is 15.0. The summed E-state index contributed by atoms with van der Waals surface area (Å²) in [6, 6.07) is 4.88. The van der Waals surface area contributed by atoms with Crippen LogP contribution in [0.4, 0.5) is 5.13 Å². The molecule has 1 amide bonds. The van der Waals surface area contributed by atoms with E-state index in [0.29, 0.717) is 16.1 Å². The summed E-state index contributed by atoms with van der Waals surface area (Å²) in [5.74, 6) is 0.318. The van der Waals surface area contributed by atoms with Gasteiger partial charge in [0.1, 0.15) is 5.58 Å². The van der Waals surface area contributed by atoms with Gasteiger partial charge in [0.15, 0.2) is 15.5 Å². The maximum atomic E-state index is 12.3. The van der Waals surface area contributed by atoms with Crippen LogP contribution in [0.3, 0.4) is 0 Å². The van der Waals surface area contributed by atoms with Crippen molar-refractivity contribution >= 4 is 45.1 Å². The Morgan fingerprint density at radius 3 is 2.83 bits per heavy atom. The number of nitrogens with zero attached hydrogens (tertiary/aromatic N) is 2. The first-order chi connectivity index (χ1) is 11.5. The number of thioether (sulfide) groups is 1. The molecule has 0 aliphatic heterocycles. The number of rotatable bonds is 4.